The minimum absolute atomic E-state index is 0.515. The molecule has 1 heterocycles. The normalized spacial score (nSPS) is 27.1. The van der Waals surface area contributed by atoms with Crippen LogP contribution in [0.25, 0.3) is 0 Å². The molecule has 15 heavy (non-hydrogen) atoms. The monoisotopic (exact) mass is 225 g/mol. The largest absolute Gasteiger partial charge is 0.389 e. The van der Waals surface area contributed by atoms with Gasteiger partial charge < -0.3 is 5.11 Å². The maximum atomic E-state index is 9.83. The van der Waals surface area contributed by atoms with Gasteiger partial charge >= 0.3 is 0 Å². The lowest BCUT2D eigenvalue weighted by Gasteiger charge is -2.18. The van der Waals surface area contributed by atoms with E-state index in [9.17, 15) is 5.11 Å². The Morgan fingerprint density at radius 1 is 1.53 bits per heavy atom. The summed E-state index contributed by atoms with van der Waals surface area (Å²) in [4.78, 5) is 2.26. The van der Waals surface area contributed by atoms with Crippen LogP contribution in [0.5, 0.6) is 0 Å². The molecule has 1 atom stereocenters. The van der Waals surface area contributed by atoms with Crippen molar-refractivity contribution in [2.24, 2.45) is 0 Å². The molecular formula is C12H16ClNO. The van der Waals surface area contributed by atoms with Crippen LogP contribution in [0.2, 0.25) is 5.02 Å². The van der Waals surface area contributed by atoms with Crippen molar-refractivity contribution in [3.8, 4) is 0 Å². The molecule has 0 aromatic heterocycles. The molecule has 1 saturated heterocycles. The fraction of sp³-hybridized carbons (Fsp3) is 0.500. The summed E-state index contributed by atoms with van der Waals surface area (Å²) in [6.07, 6.45) is 0.855. The Balaban J connectivity index is 1.99. The summed E-state index contributed by atoms with van der Waals surface area (Å²) in [5.74, 6) is 0. The highest BCUT2D eigenvalue weighted by Crippen LogP contribution is 2.22. The van der Waals surface area contributed by atoms with Crippen molar-refractivity contribution in [3.05, 3.63) is 34.9 Å². The summed E-state index contributed by atoms with van der Waals surface area (Å²) in [5.41, 5.74) is 0.693. The number of rotatable bonds is 2. The first-order valence-electron chi connectivity index (χ1n) is 5.24. The van der Waals surface area contributed by atoms with Gasteiger partial charge in [0, 0.05) is 24.7 Å². The summed E-state index contributed by atoms with van der Waals surface area (Å²) in [6.45, 7) is 4.47. The molecule has 0 amide bonds. The van der Waals surface area contributed by atoms with E-state index in [1.54, 1.807) is 0 Å². The first kappa shape index (κ1) is 10.9. The van der Waals surface area contributed by atoms with Crippen molar-refractivity contribution in [2.75, 3.05) is 13.1 Å². The third kappa shape index (κ3) is 2.94. The Hall–Kier alpha value is -0.570. The van der Waals surface area contributed by atoms with Gasteiger partial charge in [0.05, 0.1) is 5.60 Å². The fourth-order valence-electron chi connectivity index (χ4n) is 2.07. The molecule has 1 aliphatic rings. The van der Waals surface area contributed by atoms with Crippen LogP contribution in [0.15, 0.2) is 24.3 Å². The highest BCUT2D eigenvalue weighted by Gasteiger charge is 2.30. The minimum atomic E-state index is -0.515. The molecule has 1 N–H and O–H groups in total. The van der Waals surface area contributed by atoms with E-state index in [1.807, 2.05) is 25.1 Å². The van der Waals surface area contributed by atoms with Crippen molar-refractivity contribution in [1.82, 2.24) is 4.90 Å². The zero-order chi connectivity index (χ0) is 10.9. The number of β-amino-alcohol motifs (C(OH)–C–C–N with tert-alkyl or cyclic N) is 1. The van der Waals surface area contributed by atoms with Crippen LogP contribution in [-0.2, 0) is 6.54 Å². The molecule has 82 valence electrons. The number of aliphatic hydroxyl groups is 1. The van der Waals surface area contributed by atoms with Crippen LogP contribution in [-0.4, -0.2) is 28.7 Å². The number of hydrogen-bond acceptors (Lipinski definition) is 2. The van der Waals surface area contributed by atoms with Crippen molar-refractivity contribution in [3.63, 3.8) is 0 Å². The van der Waals surface area contributed by atoms with Gasteiger partial charge in [0.2, 0.25) is 0 Å². The Morgan fingerprint density at radius 3 is 2.93 bits per heavy atom. The number of likely N-dealkylation sites (tertiary alicyclic amines) is 1. The van der Waals surface area contributed by atoms with Gasteiger partial charge in [-0.15, -0.1) is 0 Å². The smallest absolute Gasteiger partial charge is 0.0758 e. The molecule has 1 aromatic carbocycles. The van der Waals surface area contributed by atoms with Crippen molar-refractivity contribution in [2.45, 2.75) is 25.5 Å². The van der Waals surface area contributed by atoms with E-state index in [0.29, 0.717) is 0 Å². The summed E-state index contributed by atoms with van der Waals surface area (Å²) in [5, 5.41) is 10.6. The fourth-order valence-corrected chi connectivity index (χ4v) is 2.28. The van der Waals surface area contributed by atoms with Gasteiger partial charge in [-0.1, -0.05) is 23.7 Å². The van der Waals surface area contributed by atoms with Crippen LogP contribution in [0.1, 0.15) is 18.9 Å². The standard InChI is InChI=1S/C12H16ClNO/c1-12(15)5-6-14(9-12)8-10-3-2-4-11(13)7-10/h2-4,7,15H,5-6,8-9H2,1H3. The zero-order valence-electron chi connectivity index (χ0n) is 8.91. The second-order valence-electron chi connectivity index (χ2n) is 4.59. The lowest BCUT2D eigenvalue weighted by atomic mass is 10.1. The van der Waals surface area contributed by atoms with E-state index in [1.165, 1.54) is 5.56 Å². The molecule has 0 saturated carbocycles. The molecule has 1 aliphatic heterocycles. The van der Waals surface area contributed by atoms with E-state index >= 15 is 0 Å². The zero-order valence-corrected chi connectivity index (χ0v) is 9.67. The third-order valence-corrected chi connectivity index (χ3v) is 3.06. The number of benzene rings is 1. The lowest BCUT2D eigenvalue weighted by Crippen LogP contribution is -2.29. The van der Waals surface area contributed by atoms with Crippen molar-refractivity contribution >= 4 is 11.6 Å². The summed E-state index contributed by atoms with van der Waals surface area (Å²) in [6, 6.07) is 7.89. The van der Waals surface area contributed by atoms with Gasteiger partial charge in [-0.05, 0) is 31.0 Å². The molecular weight excluding hydrogens is 210 g/mol. The summed E-state index contributed by atoms with van der Waals surface area (Å²) < 4.78 is 0. The Labute approximate surface area is 95.5 Å². The van der Waals surface area contributed by atoms with E-state index in [2.05, 4.69) is 11.0 Å². The third-order valence-electron chi connectivity index (χ3n) is 2.83. The van der Waals surface area contributed by atoms with Crippen LogP contribution >= 0.6 is 11.6 Å². The molecule has 0 bridgehead atoms. The number of hydrogen-bond donors (Lipinski definition) is 1. The molecule has 0 spiro atoms. The average Bonchev–Trinajstić information content (AvgIpc) is 2.45. The second-order valence-corrected chi connectivity index (χ2v) is 5.02. The molecule has 1 unspecified atom stereocenters. The van der Waals surface area contributed by atoms with E-state index < -0.39 is 5.60 Å². The minimum Gasteiger partial charge on any atom is -0.389 e. The SMILES string of the molecule is CC1(O)CCN(Cc2cccc(Cl)c2)C1. The van der Waals surface area contributed by atoms with Gasteiger partial charge in [0.25, 0.3) is 0 Å². The van der Waals surface area contributed by atoms with Gasteiger partial charge in [-0.25, -0.2) is 0 Å². The lowest BCUT2D eigenvalue weighted by molar-refractivity contribution is 0.0679. The first-order chi connectivity index (χ1) is 7.05. The molecule has 2 rings (SSSR count). The van der Waals surface area contributed by atoms with Crippen molar-refractivity contribution in [1.29, 1.82) is 0 Å². The number of halogens is 1. The van der Waals surface area contributed by atoms with E-state index in [4.69, 9.17) is 11.6 Å². The maximum absolute atomic E-state index is 9.83. The first-order valence-corrected chi connectivity index (χ1v) is 5.62. The topological polar surface area (TPSA) is 23.5 Å². The Bertz CT molecular complexity index is 351. The molecule has 2 nitrogen and oxygen atoms in total. The summed E-state index contributed by atoms with van der Waals surface area (Å²) >= 11 is 5.92. The van der Waals surface area contributed by atoms with Gasteiger partial charge in [-0.2, -0.15) is 0 Å². The van der Waals surface area contributed by atoms with Crippen molar-refractivity contribution < 1.29 is 5.11 Å². The second kappa shape index (κ2) is 4.12. The van der Waals surface area contributed by atoms with Crippen LogP contribution in [0, 0.1) is 0 Å². The van der Waals surface area contributed by atoms with E-state index in [-0.39, 0.29) is 0 Å². The van der Waals surface area contributed by atoms with Gasteiger partial charge in [0.15, 0.2) is 0 Å². The van der Waals surface area contributed by atoms with E-state index in [0.717, 1.165) is 31.1 Å². The van der Waals surface area contributed by atoms with Crippen LogP contribution in [0.3, 0.4) is 0 Å². The average molecular weight is 226 g/mol. The molecule has 1 aromatic rings. The highest BCUT2D eigenvalue weighted by atomic mass is 35.5. The van der Waals surface area contributed by atoms with Crippen LogP contribution < -0.4 is 0 Å². The quantitative estimate of drug-likeness (QED) is 0.835. The van der Waals surface area contributed by atoms with Crippen LogP contribution in [0.4, 0.5) is 0 Å². The molecule has 3 heteroatoms. The molecule has 1 fully saturated rings. The predicted octanol–water partition coefficient (Wildman–Crippen LogP) is 2.30. The molecule has 0 aliphatic carbocycles. The van der Waals surface area contributed by atoms with Gasteiger partial charge in [-0.3, -0.25) is 4.90 Å². The number of nitrogens with zero attached hydrogens (tertiary/aromatic N) is 1. The molecule has 0 radical (unpaired) electrons. The highest BCUT2D eigenvalue weighted by molar-refractivity contribution is 6.30. The Kier molecular flexibility index (Phi) is 3.01. The van der Waals surface area contributed by atoms with Gasteiger partial charge in [0.1, 0.15) is 0 Å². The predicted molar refractivity (Wildman–Crippen MR) is 62.0 cm³/mol. The maximum Gasteiger partial charge on any atom is 0.0758 e. The summed E-state index contributed by atoms with van der Waals surface area (Å²) in [7, 11) is 0. The Morgan fingerprint density at radius 2 is 2.33 bits per heavy atom.